The Balaban J connectivity index is 2.46. The molecule has 0 unspecified atom stereocenters. The maximum absolute atomic E-state index is 9.14. The van der Waals surface area contributed by atoms with Crippen LogP contribution in [0.1, 0.15) is 5.56 Å². The maximum atomic E-state index is 9.14. The Labute approximate surface area is 94.8 Å². The highest BCUT2D eigenvalue weighted by Gasteiger charge is 2.01. The summed E-state index contributed by atoms with van der Waals surface area (Å²) >= 11 is 4.28. The van der Waals surface area contributed by atoms with Crippen LogP contribution in [0.3, 0.4) is 0 Å². The largest absolute Gasteiger partial charge is 0.392 e. The lowest BCUT2D eigenvalue weighted by Gasteiger charge is -2.06. The van der Waals surface area contributed by atoms with Crippen molar-refractivity contribution in [2.24, 2.45) is 0 Å². The molecule has 0 aliphatic carbocycles. The van der Waals surface area contributed by atoms with Crippen molar-refractivity contribution < 1.29 is 5.11 Å². The van der Waals surface area contributed by atoms with E-state index in [4.69, 9.17) is 5.11 Å². The second kappa shape index (κ2) is 4.51. The molecule has 0 aliphatic heterocycles. The summed E-state index contributed by atoms with van der Waals surface area (Å²) in [5.41, 5.74) is 3.12. The lowest BCUT2D eigenvalue weighted by atomic mass is 10.0. The second-order valence-corrected chi connectivity index (χ2v) is 3.85. The lowest BCUT2D eigenvalue weighted by molar-refractivity contribution is 0.279. The van der Waals surface area contributed by atoms with Gasteiger partial charge in [-0.2, -0.15) is 0 Å². The zero-order chi connectivity index (χ0) is 10.7. The number of hydrogen-bond donors (Lipinski definition) is 2. The van der Waals surface area contributed by atoms with Crippen LogP contribution in [0, 0.1) is 0 Å². The van der Waals surface area contributed by atoms with Crippen molar-refractivity contribution in [1.82, 2.24) is 0 Å². The van der Waals surface area contributed by atoms with E-state index >= 15 is 0 Å². The molecule has 0 heterocycles. The second-order valence-electron chi connectivity index (χ2n) is 3.37. The smallest absolute Gasteiger partial charge is 0.0692 e. The number of hydrogen-bond acceptors (Lipinski definition) is 2. The number of benzene rings is 2. The molecule has 2 aromatic carbocycles. The highest BCUT2D eigenvalue weighted by Crippen LogP contribution is 2.24. The Hall–Kier alpha value is -1.25. The summed E-state index contributed by atoms with van der Waals surface area (Å²) in [5, 5.41) is 9.14. The maximum Gasteiger partial charge on any atom is 0.0692 e. The van der Waals surface area contributed by atoms with Gasteiger partial charge in [-0.15, -0.1) is 12.6 Å². The first kappa shape index (κ1) is 10.3. The third-order valence-electron chi connectivity index (χ3n) is 2.36. The molecule has 0 aliphatic rings. The van der Waals surface area contributed by atoms with E-state index in [1.807, 2.05) is 36.4 Å². The van der Waals surface area contributed by atoms with Crippen molar-refractivity contribution in [2.75, 3.05) is 0 Å². The molecule has 0 fully saturated rings. The van der Waals surface area contributed by atoms with E-state index in [2.05, 4.69) is 24.8 Å². The normalized spacial score (nSPS) is 10.3. The summed E-state index contributed by atoms with van der Waals surface area (Å²) in [4.78, 5) is 0.831. The minimum atomic E-state index is 0.0273. The number of aliphatic hydroxyl groups is 1. The Morgan fingerprint density at radius 1 is 0.933 bits per heavy atom. The van der Waals surface area contributed by atoms with Crippen molar-refractivity contribution >= 4 is 12.6 Å². The van der Waals surface area contributed by atoms with E-state index < -0.39 is 0 Å². The minimum absolute atomic E-state index is 0.0273. The van der Waals surface area contributed by atoms with Crippen molar-refractivity contribution in [3.05, 3.63) is 54.1 Å². The van der Waals surface area contributed by atoms with Crippen LogP contribution in [0.4, 0.5) is 0 Å². The summed E-state index contributed by atoms with van der Waals surface area (Å²) in [6, 6.07) is 16.0. The molecule has 1 nitrogen and oxygen atoms in total. The molecule has 1 N–H and O–H groups in total. The van der Waals surface area contributed by atoms with Gasteiger partial charge in [0.15, 0.2) is 0 Å². The van der Waals surface area contributed by atoms with E-state index in [-0.39, 0.29) is 6.61 Å². The Morgan fingerprint density at radius 2 is 1.67 bits per heavy atom. The highest BCUT2D eigenvalue weighted by molar-refractivity contribution is 7.80. The van der Waals surface area contributed by atoms with Crippen molar-refractivity contribution in [3.8, 4) is 11.1 Å². The van der Waals surface area contributed by atoms with Crippen molar-refractivity contribution in [1.29, 1.82) is 0 Å². The zero-order valence-electron chi connectivity index (χ0n) is 8.22. The Bertz CT molecular complexity index is 451. The molecular weight excluding hydrogens is 204 g/mol. The minimum Gasteiger partial charge on any atom is -0.392 e. The van der Waals surface area contributed by atoms with Crippen molar-refractivity contribution in [3.63, 3.8) is 0 Å². The van der Waals surface area contributed by atoms with Gasteiger partial charge in [0, 0.05) is 4.90 Å². The summed E-state index contributed by atoms with van der Waals surface area (Å²) < 4.78 is 0. The lowest BCUT2D eigenvalue weighted by Crippen LogP contribution is -1.87. The van der Waals surface area contributed by atoms with Crippen LogP contribution in [0.15, 0.2) is 53.4 Å². The van der Waals surface area contributed by atoms with Crippen LogP contribution >= 0.6 is 12.6 Å². The van der Waals surface area contributed by atoms with Gasteiger partial charge in [0.25, 0.3) is 0 Å². The van der Waals surface area contributed by atoms with Gasteiger partial charge < -0.3 is 5.11 Å². The highest BCUT2D eigenvalue weighted by atomic mass is 32.1. The molecule has 0 bridgehead atoms. The fraction of sp³-hybridized carbons (Fsp3) is 0.0769. The van der Waals surface area contributed by atoms with Gasteiger partial charge in [0.05, 0.1) is 6.61 Å². The predicted octanol–water partition coefficient (Wildman–Crippen LogP) is 3.13. The van der Waals surface area contributed by atoms with Gasteiger partial charge in [0.1, 0.15) is 0 Å². The molecule has 0 saturated carbocycles. The summed E-state index contributed by atoms with van der Waals surface area (Å²) in [7, 11) is 0. The third kappa shape index (κ3) is 2.22. The van der Waals surface area contributed by atoms with Gasteiger partial charge in [-0.05, 0) is 28.8 Å². The van der Waals surface area contributed by atoms with E-state index in [9.17, 15) is 0 Å². The summed E-state index contributed by atoms with van der Waals surface area (Å²) in [5.74, 6) is 0. The van der Waals surface area contributed by atoms with Gasteiger partial charge in [-0.1, -0.05) is 36.4 Å². The van der Waals surface area contributed by atoms with E-state index in [0.29, 0.717) is 0 Å². The molecular formula is C13H12OS. The Kier molecular flexibility index (Phi) is 3.09. The number of thiol groups is 1. The SMILES string of the molecule is OCc1cc(-c2ccccc2)ccc1S. The molecule has 15 heavy (non-hydrogen) atoms. The fourth-order valence-corrected chi connectivity index (χ4v) is 1.73. The number of rotatable bonds is 2. The van der Waals surface area contributed by atoms with Crippen LogP contribution < -0.4 is 0 Å². The molecule has 0 spiro atoms. The van der Waals surface area contributed by atoms with E-state index in [0.717, 1.165) is 21.6 Å². The molecule has 76 valence electrons. The third-order valence-corrected chi connectivity index (χ3v) is 2.79. The topological polar surface area (TPSA) is 20.2 Å². The van der Waals surface area contributed by atoms with Crippen LogP contribution in [0.2, 0.25) is 0 Å². The molecule has 2 aromatic rings. The standard InChI is InChI=1S/C13H12OS/c14-9-12-8-11(6-7-13(12)15)10-4-2-1-3-5-10/h1-8,14-15H,9H2. The average molecular weight is 216 g/mol. The molecule has 0 radical (unpaired) electrons. The van der Waals surface area contributed by atoms with Crippen LogP contribution in [-0.4, -0.2) is 5.11 Å². The first-order chi connectivity index (χ1) is 7.31. The molecule has 2 heteroatoms. The van der Waals surface area contributed by atoms with E-state index in [1.165, 1.54) is 0 Å². The first-order valence-electron chi connectivity index (χ1n) is 4.79. The Morgan fingerprint density at radius 3 is 2.33 bits per heavy atom. The van der Waals surface area contributed by atoms with Crippen LogP contribution in [-0.2, 0) is 6.61 Å². The monoisotopic (exact) mass is 216 g/mol. The van der Waals surface area contributed by atoms with Gasteiger partial charge in [0.2, 0.25) is 0 Å². The van der Waals surface area contributed by atoms with Gasteiger partial charge in [-0.25, -0.2) is 0 Å². The zero-order valence-corrected chi connectivity index (χ0v) is 9.11. The molecule has 2 rings (SSSR count). The fourth-order valence-electron chi connectivity index (χ4n) is 1.52. The molecule has 0 saturated heterocycles. The molecule has 0 amide bonds. The molecule has 0 atom stereocenters. The van der Waals surface area contributed by atoms with Crippen LogP contribution in [0.25, 0.3) is 11.1 Å². The van der Waals surface area contributed by atoms with Gasteiger partial charge >= 0.3 is 0 Å². The predicted molar refractivity (Wildman–Crippen MR) is 65.1 cm³/mol. The molecule has 0 aromatic heterocycles. The average Bonchev–Trinajstić information content (AvgIpc) is 2.31. The van der Waals surface area contributed by atoms with Crippen LogP contribution in [0.5, 0.6) is 0 Å². The van der Waals surface area contributed by atoms with Gasteiger partial charge in [-0.3, -0.25) is 0 Å². The summed E-state index contributed by atoms with van der Waals surface area (Å²) in [6.07, 6.45) is 0. The quantitative estimate of drug-likeness (QED) is 0.739. The van der Waals surface area contributed by atoms with Crippen molar-refractivity contribution in [2.45, 2.75) is 11.5 Å². The first-order valence-corrected chi connectivity index (χ1v) is 5.24. The number of aliphatic hydroxyl groups excluding tert-OH is 1. The summed E-state index contributed by atoms with van der Waals surface area (Å²) in [6.45, 7) is 0.0273. The van der Waals surface area contributed by atoms with E-state index in [1.54, 1.807) is 0 Å².